The van der Waals surface area contributed by atoms with Gasteiger partial charge in [-0.05, 0) is 121 Å². The maximum Gasteiger partial charge on any atom is 0.0594 e. The fourth-order valence-electron chi connectivity index (χ4n) is 11.5. The molecule has 0 heterocycles. The lowest BCUT2D eigenvalue weighted by Crippen LogP contribution is -2.69. The minimum absolute atomic E-state index is 0.0621. The Labute approximate surface area is 197 Å². The first kappa shape index (κ1) is 23.4. The predicted molar refractivity (Wildman–Crippen MR) is 132 cm³/mol. The normalized spacial score (nSPS) is 58.8. The molecule has 32 heavy (non-hydrogen) atoms. The molecule has 0 aliphatic heterocycles. The van der Waals surface area contributed by atoms with Crippen LogP contribution in [-0.4, -0.2) is 22.4 Å². The van der Waals surface area contributed by atoms with Gasteiger partial charge in [0.25, 0.3) is 0 Å². The lowest BCUT2D eigenvalue weighted by atomic mass is 9.32. The zero-order valence-corrected chi connectivity index (χ0v) is 22.0. The molecule has 0 aromatic heterocycles. The van der Waals surface area contributed by atoms with Gasteiger partial charge in [0.2, 0.25) is 0 Å². The number of aliphatic hydroxyl groups is 2. The smallest absolute Gasteiger partial charge is 0.0594 e. The Morgan fingerprint density at radius 3 is 2.16 bits per heavy atom. The van der Waals surface area contributed by atoms with Gasteiger partial charge in [-0.15, -0.1) is 0 Å². The van der Waals surface area contributed by atoms with Crippen LogP contribution in [-0.2, 0) is 0 Å². The second kappa shape index (κ2) is 6.87. The minimum atomic E-state index is -0.217. The molecule has 0 saturated heterocycles. The van der Waals surface area contributed by atoms with Crippen molar-refractivity contribution in [2.24, 2.45) is 56.7 Å². The van der Waals surface area contributed by atoms with Crippen LogP contribution in [0, 0.1) is 56.7 Å². The molecule has 2 nitrogen and oxygen atoms in total. The lowest BCUT2D eigenvalue weighted by molar-refractivity contribution is -0.275. The molecule has 0 unspecified atom stereocenters. The van der Waals surface area contributed by atoms with E-state index in [9.17, 15) is 10.2 Å². The summed E-state index contributed by atoms with van der Waals surface area (Å²) in [6, 6.07) is 0. The third-order valence-electron chi connectivity index (χ3n) is 13.4. The molecule has 0 radical (unpaired) electrons. The molecule has 0 aromatic carbocycles. The highest BCUT2D eigenvalue weighted by atomic mass is 16.3. The summed E-state index contributed by atoms with van der Waals surface area (Å²) in [5, 5.41) is 22.9. The fraction of sp³-hybridized carbons (Fsp3) is 0.933. The Morgan fingerprint density at radius 2 is 1.50 bits per heavy atom. The summed E-state index contributed by atoms with van der Waals surface area (Å²) < 4.78 is 0. The molecule has 5 aliphatic carbocycles. The van der Waals surface area contributed by atoms with Crippen molar-refractivity contribution in [2.45, 2.75) is 118 Å². The molecular weight excluding hydrogens is 392 g/mol. The number of allylic oxidation sites excluding steroid dienone is 1. The molecule has 2 N–H and O–H groups in total. The van der Waals surface area contributed by atoms with E-state index < -0.39 is 0 Å². The molecular formula is C30H50O2. The van der Waals surface area contributed by atoms with E-state index in [1.165, 1.54) is 44.1 Å². The molecule has 0 aromatic rings. The number of hydrogen-bond donors (Lipinski definition) is 2. The predicted octanol–water partition coefficient (Wildman–Crippen LogP) is 7.00. The summed E-state index contributed by atoms with van der Waals surface area (Å²) in [5.41, 5.74) is 2.31. The van der Waals surface area contributed by atoms with E-state index in [-0.39, 0.29) is 33.9 Å². The first-order chi connectivity index (χ1) is 14.7. The van der Waals surface area contributed by atoms with Gasteiger partial charge in [0.1, 0.15) is 0 Å². The third kappa shape index (κ3) is 2.66. The van der Waals surface area contributed by atoms with Gasteiger partial charge in [-0.1, -0.05) is 53.7 Å². The van der Waals surface area contributed by atoms with E-state index in [0.717, 1.165) is 19.3 Å². The van der Waals surface area contributed by atoms with Gasteiger partial charge in [0.05, 0.1) is 12.2 Å². The number of rotatable bonds is 1. The fourth-order valence-corrected chi connectivity index (χ4v) is 11.5. The maximum absolute atomic E-state index is 12.0. The van der Waals surface area contributed by atoms with E-state index >= 15 is 0 Å². The summed E-state index contributed by atoms with van der Waals surface area (Å²) >= 11 is 0. The lowest BCUT2D eigenvalue weighted by Gasteiger charge is -2.73. The zero-order chi connectivity index (χ0) is 23.5. The van der Waals surface area contributed by atoms with Crippen LogP contribution in [0.4, 0.5) is 0 Å². The Hall–Kier alpha value is -0.340. The summed E-state index contributed by atoms with van der Waals surface area (Å²) in [4.78, 5) is 0. The van der Waals surface area contributed by atoms with Gasteiger partial charge < -0.3 is 10.2 Å². The zero-order valence-electron chi connectivity index (χ0n) is 22.0. The maximum atomic E-state index is 12.0. The van der Waals surface area contributed by atoms with Crippen molar-refractivity contribution in [3.8, 4) is 0 Å². The highest BCUT2D eigenvalue weighted by molar-refractivity contribution is 5.22. The Morgan fingerprint density at radius 1 is 0.812 bits per heavy atom. The van der Waals surface area contributed by atoms with Crippen molar-refractivity contribution in [2.75, 3.05) is 0 Å². The van der Waals surface area contributed by atoms with Crippen LogP contribution in [0.15, 0.2) is 12.2 Å². The van der Waals surface area contributed by atoms with E-state index in [0.29, 0.717) is 35.0 Å². The molecule has 2 heteroatoms. The first-order valence-electron chi connectivity index (χ1n) is 13.7. The number of fused-ring (bicyclic) bond motifs is 7. The Bertz CT molecular complexity index is 801. The average molecular weight is 443 g/mol. The second-order valence-electron chi connectivity index (χ2n) is 14.9. The van der Waals surface area contributed by atoms with E-state index in [1.54, 1.807) is 0 Å². The average Bonchev–Trinajstić information content (AvgIpc) is 3.05. The van der Waals surface area contributed by atoms with Gasteiger partial charge in [-0.25, -0.2) is 0 Å². The van der Waals surface area contributed by atoms with Crippen LogP contribution in [0.5, 0.6) is 0 Å². The second-order valence-corrected chi connectivity index (χ2v) is 14.9. The van der Waals surface area contributed by atoms with E-state index in [4.69, 9.17) is 0 Å². The monoisotopic (exact) mass is 442 g/mol. The van der Waals surface area contributed by atoms with Crippen molar-refractivity contribution in [3.63, 3.8) is 0 Å². The molecule has 182 valence electrons. The van der Waals surface area contributed by atoms with Gasteiger partial charge in [0.15, 0.2) is 0 Å². The van der Waals surface area contributed by atoms with Crippen LogP contribution < -0.4 is 0 Å². The molecule has 5 saturated carbocycles. The molecule has 0 amide bonds. The van der Waals surface area contributed by atoms with Gasteiger partial charge in [-0.2, -0.15) is 0 Å². The van der Waals surface area contributed by atoms with Crippen molar-refractivity contribution in [1.82, 2.24) is 0 Å². The third-order valence-corrected chi connectivity index (χ3v) is 13.4. The van der Waals surface area contributed by atoms with Crippen LogP contribution in [0.1, 0.15) is 106 Å². The highest BCUT2D eigenvalue weighted by Crippen LogP contribution is 2.77. The Balaban J connectivity index is 1.59. The molecule has 11 atom stereocenters. The highest BCUT2D eigenvalue weighted by Gasteiger charge is 2.72. The van der Waals surface area contributed by atoms with Crippen LogP contribution in [0.25, 0.3) is 0 Å². The summed E-state index contributed by atoms with van der Waals surface area (Å²) in [6.07, 6.45) is 10.2. The van der Waals surface area contributed by atoms with Gasteiger partial charge in [-0.3, -0.25) is 0 Å². The molecule has 0 spiro atoms. The van der Waals surface area contributed by atoms with Crippen molar-refractivity contribution >= 4 is 0 Å². The van der Waals surface area contributed by atoms with Crippen LogP contribution in [0.2, 0.25) is 0 Å². The first-order valence-corrected chi connectivity index (χ1v) is 13.7. The minimum Gasteiger partial charge on any atom is -0.393 e. The molecule has 0 bridgehead atoms. The quantitative estimate of drug-likeness (QED) is 0.429. The largest absolute Gasteiger partial charge is 0.393 e. The van der Waals surface area contributed by atoms with Gasteiger partial charge in [0, 0.05) is 0 Å². The van der Waals surface area contributed by atoms with Crippen molar-refractivity contribution < 1.29 is 10.2 Å². The molecule has 5 fully saturated rings. The van der Waals surface area contributed by atoms with Crippen molar-refractivity contribution in [3.05, 3.63) is 12.2 Å². The van der Waals surface area contributed by atoms with Crippen molar-refractivity contribution in [1.29, 1.82) is 0 Å². The van der Waals surface area contributed by atoms with E-state index in [2.05, 4.69) is 55.0 Å². The summed E-state index contributed by atoms with van der Waals surface area (Å²) in [6.45, 7) is 21.6. The number of hydrogen-bond acceptors (Lipinski definition) is 2. The van der Waals surface area contributed by atoms with E-state index in [1.807, 2.05) is 0 Å². The van der Waals surface area contributed by atoms with Crippen LogP contribution >= 0.6 is 0 Å². The molecule has 5 rings (SSSR count). The van der Waals surface area contributed by atoms with Crippen LogP contribution in [0.3, 0.4) is 0 Å². The summed E-state index contributed by atoms with van der Waals surface area (Å²) in [5.74, 6) is 2.75. The topological polar surface area (TPSA) is 40.5 Å². The molecule has 5 aliphatic rings. The summed E-state index contributed by atoms with van der Waals surface area (Å²) in [7, 11) is 0. The SMILES string of the molecule is C=C(C)[C@@H]1CC[C@]2(C)CC[C@]3(C)[C@H](C[C@H](O)[C@@H]4[C@@]5(C)CC[C@H](O)C(C)(C)[C@H]5CC[C@]43C)[C@@H]12. The Kier molecular flexibility index (Phi) is 5.02. The number of aliphatic hydroxyl groups excluding tert-OH is 2. The standard InChI is InChI=1S/C30H50O2/c1-18(2)19-9-12-27(5)15-16-29(7)20(24(19)27)17-21(31)25-28(6)13-11-23(32)26(3,4)22(28)10-14-30(25,29)8/h19-25,31-32H,1,9-17H2,2-8H3/t19-,20+,21-,22+,23-,24+,25+,27+,28-,29+,30+/m0/s1. The van der Waals surface area contributed by atoms with Gasteiger partial charge >= 0.3 is 0 Å².